The molecule has 2 aromatic carbocycles. The van der Waals surface area contributed by atoms with Gasteiger partial charge in [0, 0.05) is 18.1 Å². The second kappa shape index (κ2) is 10.5. The Labute approximate surface area is 177 Å². The van der Waals surface area contributed by atoms with E-state index in [2.05, 4.69) is 0 Å². The topological polar surface area (TPSA) is 72.9 Å². The van der Waals surface area contributed by atoms with Gasteiger partial charge in [0.15, 0.2) is 6.61 Å². The van der Waals surface area contributed by atoms with Gasteiger partial charge in [-0.2, -0.15) is 8.42 Å². The zero-order valence-electron chi connectivity index (χ0n) is 16.8. The van der Waals surface area contributed by atoms with Crippen molar-refractivity contribution in [2.45, 2.75) is 27.3 Å². The third kappa shape index (κ3) is 7.95. The van der Waals surface area contributed by atoms with Crippen molar-refractivity contribution in [1.29, 1.82) is 0 Å². The highest BCUT2D eigenvalue weighted by Crippen LogP contribution is 2.19. The van der Waals surface area contributed by atoms with Gasteiger partial charge in [-0.1, -0.05) is 37.6 Å². The Hall–Kier alpha value is -2.25. The highest BCUT2D eigenvalue weighted by Gasteiger charge is 2.17. The van der Waals surface area contributed by atoms with Gasteiger partial charge in [-0.15, -0.1) is 0 Å². The molecule has 158 valence electrons. The lowest BCUT2D eigenvalue weighted by Gasteiger charge is -2.25. The molecule has 0 saturated carbocycles. The maximum absolute atomic E-state index is 12.7. The van der Waals surface area contributed by atoms with Gasteiger partial charge in [0.2, 0.25) is 0 Å². The molecule has 0 aliphatic heterocycles. The highest BCUT2D eigenvalue weighted by atomic mass is 35.5. The van der Waals surface area contributed by atoms with Crippen molar-refractivity contribution in [2.75, 3.05) is 18.9 Å². The predicted octanol–water partition coefficient (Wildman–Crippen LogP) is 4.13. The zero-order valence-corrected chi connectivity index (χ0v) is 18.4. The molecule has 6 nitrogen and oxygen atoms in total. The van der Waals surface area contributed by atoms with Crippen LogP contribution >= 0.6 is 11.6 Å². The molecule has 0 aromatic heterocycles. The van der Waals surface area contributed by atoms with E-state index in [1.165, 1.54) is 6.92 Å². The Morgan fingerprint density at radius 3 is 2.41 bits per heavy atom. The molecule has 8 heteroatoms. The van der Waals surface area contributed by atoms with E-state index in [0.29, 0.717) is 23.9 Å². The molecule has 0 spiro atoms. The number of rotatable bonds is 10. The average molecular weight is 440 g/mol. The van der Waals surface area contributed by atoms with Crippen LogP contribution in [-0.4, -0.2) is 38.1 Å². The fraction of sp³-hybridized carbons (Fsp3) is 0.381. The molecule has 0 N–H and O–H groups in total. The van der Waals surface area contributed by atoms with Gasteiger partial charge in [-0.05, 0) is 54.8 Å². The Kier molecular flexibility index (Phi) is 8.34. The van der Waals surface area contributed by atoms with Crippen LogP contribution in [0.3, 0.4) is 0 Å². The summed E-state index contributed by atoms with van der Waals surface area (Å²) in [4.78, 5) is 14.4. The number of halogens is 1. The monoisotopic (exact) mass is 439 g/mol. The van der Waals surface area contributed by atoms with Gasteiger partial charge < -0.3 is 13.8 Å². The summed E-state index contributed by atoms with van der Waals surface area (Å²) in [5.74, 6) is 0.777. The molecule has 0 heterocycles. The molecule has 2 rings (SSSR count). The Bertz CT molecular complexity index is 913. The van der Waals surface area contributed by atoms with E-state index in [4.69, 9.17) is 20.5 Å². The molecular formula is C21H26ClNO5S. The summed E-state index contributed by atoms with van der Waals surface area (Å²) in [6, 6.07) is 13.5. The minimum Gasteiger partial charge on any atom is -0.484 e. The molecule has 1 amide bonds. The fourth-order valence-electron chi connectivity index (χ4n) is 2.58. The number of hydrogen-bond donors (Lipinski definition) is 0. The summed E-state index contributed by atoms with van der Waals surface area (Å²) >= 11 is 5.86. The van der Waals surface area contributed by atoms with Crippen molar-refractivity contribution in [3.63, 3.8) is 0 Å². The van der Waals surface area contributed by atoms with Crippen molar-refractivity contribution in [3.8, 4) is 11.5 Å². The summed E-state index contributed by atoms with van der Waals surface area (Å²) in [5, 5.41) is 0.595. The van der Waals surface area contributed by atoms with E-state index in [9.17, 15) is 13.2 Å². The van der Waals surface area contributed by atoms with Gasteiger partial charge >= 0.3 is 10.1 Å². The van der Waals surface area contributed by atoms with Gasteiger partial charge in [-0.25, -0.2) is 0 Å². The number of benzene rings is 2. The molecule has 0 unspecified atom stereocenters. The van der Waals surface area contributed by atoms with Crippen molar-refractivity contribution in [3.05, 3.63) is 59.1 Å². The summed E-state index contributed by atoms with van der Waals surface area (Å²) in [5.41, 5.74) is 0.772. The van der Waals surface area contributed by atoms with Crippen LogP contribution in [0.5, 0.6) is 11.5 Å². The second-order valence-corrected chi connectivity index (χ2v) is 9.28. The predicted molar refractivity (Wildman–Crippen MR) is 114 cm³/mol. The molecule has 0 aliphatic rings. The second-order valence-electron chi connectivity index (χ2n) is 6.99. The summed E-state index contributed by atoms with van der Waals surface area (Å²) in [7, 11) is -3.61. The van der Waals surface area contributed by atoms with E-state index in [0.717, 1.165) is 5.56 Å². The molecule has 2 aromatic rings. The first-order valence-corrected chi connectivity index (χ1v) is 11.3. The first kappa shape index (κ1) is 23.0. The van der Waals surface area contributed by atoms with Gasteiger partial charge in [0.05, 0.1) is 5.75 Å². The third-order valence-electron chi connectivity index (χ3n) is 3.96. The lowest BCUT2D eigenvalue weighted by atomic mass is 10.1. The van der Waals surface area contributed by atoms with Gasteiger partial charge in [-0.3, -0.25) is 4.79 Å². The van der Waals surface area contributed by atoms with Crippen LogP contribution in [0.2, 0.25) is 5.02 Å². The number of amides is 1. The molecule has 0 saturated heterocycles. The van der Waals surface area contributed by atoms with Crippen molar-refractivity contribution < 1.29 is 22.1 Å². The largest absolute Gasteiger partial charge is 0.484 e. The SMILES string of the molecule is CCS(=O)(=O)Oc1cccc(CN(CC(C)C)C(=O)COc2ccc(Cl)cc2)c1. The smallest absolute Gasteiger partial charge is 0.308 e. The Balaban J connectivity index is 2.07. The van der Waals surface area contributed by atoms with E-state index < -0.39 is 10.1 Å². The van der Waals surface area contributed by atoms with Crippen LogP contribution < -0.4 is 8.92 Å². The molecular weight excluding hydrogens is 414 g/mol. The standard InChI is InChI=1S/C21H26ClNO5S/c1-4-29(25,26)28-20-7-5-6-17(12-20)14-23(13-16(2)3)21(24)15-27-19-10-8-18(22)9-11-19/h5-12,16H,4,13-15H2,1-3H3. The van der Waals surface area contributed by atoms with Gasteiger partial charge in [0.1, 0.15) is 11.5 Å². The van der Waals surface area contributed by atoms with Crippen molar-refractivity contribution >= 4 is 27.6 Å². The number of hydrogen-bond acceptors (Lipinski definition) is 5. The summed E-state index contributed by atoms with van der Waals surface area (Å²) < 4.78 is 34.0. The molecule has 0 atom stereocenters. The van der Waals surface area contributed by atoms with E-state index >= 15 is 0 Å². The molecule has 0 fully saturated rings. The molecule has 0 radical (unpaired) electrons. The Morgan fingerprint density at radius 1 is 1.10 bits per heavy atom. The minimum atomic E-state index is -3.61. The molecule has 0 bridgehead atoms. The van der Waals surface area contributed by atoms with Gasteiger partial charge in [0.25, 0.3) is 5.91 Å². The number of ether oxygens (including phenoxy) is 1. The van der Waals surface area contributed by atoms with Crippen LogP contribution in [0, 0.1) is 5.92 Å². The van der Waals surface area contributed by atoms with Crippen molar-refractivity contribution in [2.24, 2.45) is 5.92 Å². The highest BCUT2D eigenvalue weighted by molar-refractivity contribution is 7.87. The number of nitrogens with zero attached hydrogens (tertiary/aromatic N) is 1. The van der Waals surface area contributed by atoms with Crippen LogP contribution in [0.4, 0.5) is 0 Å². The number of carbonyl (C=O) groups is 1. The average Bonchev–Trinajstić information content (AvgIpc) is 2.66. The first-order valence-electron chi connectivity index (χ1n) is 9.35. The molecule has 0 aliphatic carbocycles. The third-order valence-corrected chi connectivity index (χ3v) is 5.37. The van der Waals surface area contributed by atoms with Crippen LogP contribution in [0.15, 0.2) is 48.5 Å². The summed E-state index contributed by atoms with van der Waals surface area (Å²) in [6.45, 7) is 6.32. The van der Waals surface area contributed by atoms with E-state index in [1.807, 2.05) is 19.9 Å². The Morgan fingerprint density at radius 2 is 1.79 bits per heavy atom. The van der Waals surface area contributed by atoms with Crippen LogP contribution in [-0.2, 0) is 21.5 Å². The minimum absolute atomic E-state index is 0.102. The number of carbonyl (C=O) groups excluding carboxylic acids is 1. The zero-order chi connectivity index (χ0) is 21.4. The molecule has 29 heavy (non-hydrogen) atoms. The maximum Gasteiger partial charge on any atom is 0.308 e. The van der Waals surface area contributed by atoms with Crippen LogP contribution in [0.1, 0.15) is 26.3 Å². The van der Waals surface area contributed by atoms with E-state index in [1.54, 1.807) is 47.4 Å². The van der Waals surface area contributed by atoms with Crippen molar-refractivity contribution in [1.82, 2.24) is 4.90 Å². The fourth-order valence-corrected chi connectivity index (χ4v) is 3.22. The quantitative estimate of drug-likeness (QED) is 0.520. The van der Waals surface area contributed by atoms with E-state index in [-0.39, 0.29) is 29.9 Å². The first-order chi connectivity index (χ1) is 13.7. The van der Waals surface area contributed by atoms with Crippen LogP contribution in [0.25, 0.3) is 0 Å². The summed E-state index contributed by atoms with van der Waals surface area (Å²) in [6.07, 6.45) is 0. The lowest BCUT2D eigenvalue weighted by Crippen LogP contribution is -2.37. The lowest BCUT2D eigenvalue weighted by molar-refractivity contribution is -0.134. The maximum atomic E-state index is 12.7. The normalized spacial score (nSPS) is 11.3.